The fraction of sp³-hybridized carbons (Fsp3) is 0.143. The molecule has 9 heteroatoms. The molecule has 2 aromatic rings. The molecule has 0 saturated carbocycles. The Kier molecular flexibility index (Phi) is 4.65. The molecule has 0 saturated heterocycles. The fourth-order valence-corrected chi connectivity index (χ4v) is 1.98. The average Bonchev–Trinajstić information content (AvgIpc) is 2.48. The second-order valence-electron chi connectivity index (χ2n) is 4.34. The second kappa shape index (κ2) is 6.33. The molecule has 0 N–H and O–H groups in total. The summed E-state index contributed by atoms with van der Waals surface area (Å²) in [6.45, 7) is 0. The third kappa shape index (κ3) is 3.84. The van der Waals surface area contributed by atoms with E-state index in [-0.39, 0.29) is 28.0 Å². The molecular weight excluding hydrogens is 339 g/mol. The van der Waals surface area contributed by atoms with Gasteiger partial charge in [0.25, 0.3) is 0 Å². The highest BCUT2D eigenvalue weighted by molar-refractivity contribution is 6.32. The Labute approximate surface area is 133 Å². The molecule has 0 radical (unpaired) electrons. The maximum atomic E-state index is 12.6. The van der Waals surface area contributed by atoms with Crippen LogP contribution in [0, 0.1) is 10.1 Å². The third-order valence-electron chi connectivity index (χ3n) is 2.83. The Balaban J connectivity index is 2.33. The summed E-state index contributed by atoms with van der Waals surface area (Å²) < 4.78 is 47.8. The largest absolute Gasteiger partial charge is 0.490 e. The molecule has 0 unspecified atom stereocenters. The summed E-state index contributed by atoms with van der Waals surface area (Å²) in [6, 6.07) is 6.34. The number of nitro benzene ring substituents is 1. The van der Waals surface area contributed by atoms with Gasteiger partial charge in [0.05, 0.1) is 28.7 Å². The number of nitrogens with zero attached hydrogens (tertiary/aromatic N) is 1. The summed E-state index contributed by atoms with van der Waals surface area (Å²) in [5, 5.41) is 10.7. The van der Waals surface area contributed by atoms with Crippen molar-refractivity contribution in [1.82, 2.24) is 0 Å². The lowest BCUT2D eigenvalue weighted by atomic mass is 10.2. The molecule has 2 rings (SSSR count). The minimum absolute atomic E-state index is 0.0286. The SMILES string of the molecule is COc1ccc(Oc2ccc(C(F)(F)F)cc2Cl)cc1[N+](=O)[O-]. The van der Waals surface area contributed by atoms with Crippen LogP contribution in [0.2, 0.25) is 5.02 Å². The zero-order chi connectivity index (χ0) is 17.2. The number of nitro groups is 1. The Hall–Kier alpha value is -2.48. The summed E-state index contributed by atoms with van der Waals surface area (Å²) >= 11 is 5.76. The number of halogens is 4. The number of hydrogen-bond acceptors (Lipinski definition) is 4. The van der Waals surface area contributed by atoms with E-state index in [1.54, 1.807) is 0 Å². The highest BCUT2D eigenvalue weighted by atomic mass is 35.5. The van der Waals surface area contributed by atoms with E-state index in [2.05, 4.69) is 0 Å². The molecule has 0 aromatic heterocycles. The molecule has 0 aliphatic carbocycles. The average molecular weight is 348 g/mol. The van der Waals surface area contributed by atoms with Crippen LogP contribution in [0.5, 0.6) is 17.2 Å². The van der Waals surface area contributed by atoms with Gasteiger partial charge in [-0.1, -0.05) is 11.6 Å². The van der Waals surface area contributed by atoms with Gasteiger partial charge in [-0.25, -0.2) is 0 Å². The first-order chi connectivity index (χ1) is 10.7. The predicted octanol–water partition coefficient (Wildman–Crippen LogP) is 5.07. The van der Waals surface area contributed by atoms with Gasteiger partial charge in [-0.05, 0) is 30.3 Å². The molecule has 23 heavy (non-hydrogen) atoms. The van der Waals surface area contributed by atoms with E-state index < -0.39 is 16.7 Å². The molecular formula is C14H9ClF3NO4. The van der Waals surface area contributed by atoms with Crippen LogP contribution in [-0.4, -0.2) is 12.0 Å². The minimum Gasteiger partial charge on any atom is -0.490 e. The van der Waals surface area contributed by atoms with Crippen LogP contribution in [0.1, 0.15) is 5.56 Å². The number of benzene rings is 2. The number of alkyl halides is 3. The van der Waals surface area contributed by atoms with Gasteiger partial charge < -0.3 is 9.47 Å². The summed E-state index contributed by atoms with van der Waals surface area (Å²) in [5.74, 6) is 0.0131. The van der Waals surface area contributed by atoms with Crippen molar-refractivity contribution in [1.29, 1.82) is 0 Å². The third-order valence-corrected chi connectivity index (χ3v) is 3.13. The van der Waals surface area contributed by atoms with Crippen molar-refractivity contribution in [2.45, 2.75) is 6.18 Å². The normalized spacial score (nSPS) is 11.2. The van der Waals surface area contributed by atoms with Crippen molar-refractivity contribution in [3.8, 4) is 17.2 Å². The van der Waals surface area contributed by atoms with Crippen molar-refractivity contribution >= 4 is 17.3 Å². The molecule has 2 aromatic carbocycles. The Morgan fingerprint density at radius 1 is 1.13 bits per heavy atom. The number of methoxy groups -OCH3 is 1. The number of ether oxygens (including phenoxy) is 2. The maximum absolute atomic E-state index is 12.6. The Morgan fingerprint density at radius 2 is 1.78 bits per heavy atom. The topological polar surface area (TPSA) is 61.6 Å². The van der Waals surface area contributed by atoms with E-state index in [0.717, 1.165) is 24.3 Å². The molecule has 0 amide bonds. The van der Waals surface area contributed by atoms with Gasteiger partial charge in [0.2, 0.25) is 0 Å². The van der Waals surface area contributed by atoms with Crippen LogP contribution in [0.4, 0.5) is 18.9 Å². The first kappa shape index (κ1) is 16.9. The van der Waals surface area contributed by atoms with Crippen molar-refractivity contribution in [2.75, 3.05) is 7.11 Å². The highest BCUT2D eigenvalue weighted by Crippen LogP contribution is 2.38. The lowest BCUT2D eigenvalue weighted by Crippen LogP contribution is -2.04. The fourth-order valence-electron chi connectivity index (χ4n) is 1.76. The van der Waals surface area contributed by atoms with Crippen LogP contribution < -0.4 is 9.47 Å². The lowest BCUT2D eigenvalue weighted by Gasteiger charge is -2.11. The molecule has 0 aliphatic rings. The zero-order valence-electron chi connectivity index (χ0n) is 11.6. The van der Waals surface area contributed by atoms with Crippen LogP contribution in [0.15, 0.2) is 36.4 Å². The molecule has 122 valence electrons. The predicted molar refractivity (Wildman–Crippen MR) is 76.2 cm³/mol. The van der Waals surface area contributed by atoms with Crippen LogP contribution in [-0.2, 0) is 6.18 Å². The Bertz CT molecular complexity index is 749. The van der Waals surface area contributed by atoms with Gasteiger partial charge in [0, 0.05) is 0 Å². The van der Waals surface area contributed by atoms with E-state index in [0.29, 0.717) is 0 Å². The maximum Gasteiger partial charge on any atom is 0.416 e. The molecule has 0 atom stereocenters. The number of rotatable bonds is 4. The summed E-state index contributed by atoms with van der Waals surface area (Å²) in [6.07, 6.45) is -4.53. The van der Waals surface area contributed by atoms with E-state index in [4.69, 9.17) is 21.1 Å². The second-order valence-corrected chi connectivity index (χ2v) is 4.74. The van der Waals surface area contributed by atoms with Gasteiger partial charge in [0.15, 0.2) is 5.75 Å². The van der Waals surface area contributed by atoms with Crippen molar-refractivity contribution in [2.24, 2.45) is 0 Å². The van der Waals surface area contributed by atoms with Crippen LogP contribution in [0.25, 0.3) is 0 Å². The molecule has 0 heterocycles. The first-order valence-corrected chi connectivity index (χ1v) is 6.47. The molecule has 5 nitrogen and oxygen atoms in total. The van der Waals surface area contributed by atoms with Crippen molar-refractivity contribution in [3.05, 3.63) is 57.1 Å². The van der Waals surface area contributed by atoms with Crippen molar-refractivity contribution < 1.29 is 27.6 Å². The van der Waals surface area contributed by atoms with Crippen LogP contribution in [0.3, 0.4) is 0 Å². The van der Waals surface area contributed by atoms with Gasteiger partial charge in [-0.2, -0.15) is 13.2 Å². The molecule has 0 spiro atoms. The standard InChI is InChI=1S/C14H9ClF3NO4/c1-22-13-5-3-9(7-11(13)19(20)21)23-12-4-2-8(6-10(12)15)14(16,17)18/h2-7H,1H3. The summed E-state index contributed by atoms with van der Waals surface area (Å²) in [4.78, 5) is 10.3. The lowest BCUT2D eigenvalue weighted by molar-refractivity contribution is -0.385. The van der Waals surface area contributed by atoms with Gasteiger partial charge in [-0.3, -0.25) is 10.1 Å². The van der Waals surface area contributed by atoms with Crippen molar-refractivity contribution in [3.63, 3.8) is 0 Å². The van der Waals surface area contributed by atoms with E-state index in [1.807, 2.05) is 0 Å². The summed E-state index contributed by atoms with van der Waals surface area (Å²) in [7, 11) is 1.27. The minimum atomic E-state index is -4.53. The van der Waals surface area contributed by atoms with E-state index in [1.165, 1.54) is 19.2 Å². The highest BCUT2D eigenvalue weighted by Gasteiger charge is 2.31. The quantitative estimate of drug-likeness (QED) is 0.572. The van der Waals surface area contributed by atoms with Gasteiger partial charge in [-0.15, -0.1) is 0 Å². The Morgan fingerprint density at radius 3 is 2.30 bits per heavy atom. The first-order valence-electron chi connectivity index (χ1n) is 6.09. The van der Waals surface area contributed by atoms with E-state index >= 15 is 0 Å². The number of hydrogen-bond donors (Lipinski definition) is 0. The van der Waals surface area contributed by atoms with E-state index in [9.17, 15) is 23.3 Å². The summed E-state index contributed by atoms with van der Waals surface area (Å²) in [5.41, 5.74) is -1.26. The molecule has 0 bridgehead atoms. The zero-order valence-corrected chi connectivity index (χ0v) is 12.3. The monoisotopic (exact) mass is 347 g/mol. The van der Waals surface area contributed by atoms with Gasteiger partial charge in [0.1, 0.15) is 11.5 Å². The van der Waals surface area contributed by atoms with Gasteiger partial charge >= 0.3 is 11.9 Å². The van der Waals surface area contributed by atoms with Crippen LogP contribution >= 0.6 is 11.6 Å². The molecule has 0 fully saturated rings. The smallest absolute Gasteiger partial charge is 0.416 e. The molecule has 0 aliphatic heterocycles.